The van der Waals surface area contributed by atoms with Crippen LogP contribution in [-0.2, 0) is 8.90 Å². The number of benzene rings is 2. The van der Waals surface area contributed by atoms with Gasteiger partial charge in [0.25, 0.3) is 0 Å². The molecule has 0 N–H and O–H groups in total. The number of hydrogen-bond donors (Lipinski definition) is 0. The summed E-state index contributed by atoms with van der Waals surface area (Å²) in [5, 5.41) is -0.467. The van der Waals surface area contributed by atoms with Crippen molar-refractivity contribution in [3.8, 4) is 5.75 Å². The molecule has 1 aliphatic rings. The highest BCUT2D eigenvalue weighted by molar-refractivity contribution is 8.05. The molecule has 0 radical (unpaired) electrons. The van der Waals surface area contributed by atoms with E-state index in [1.807, 2.05) is 18.2 Å². The zero-order valence-electron chi connectivity index (χ0n) is 10.8. The fourth-order valence-electron chi connectivity index (χ4n) is 2.59. The molecule has 0 aromatic heterocycles. The van der Waals surface area contributed by atoms with Crippen molar-refractivity contribution in [1.82, 2.24) is 0 Å². The van der Waals surface area contributed by atoms with E-state index in [0.717, 1.165) is 5.56 Å². The molecule has 1 aliphatic carbocycles. The molecule has 1 unspecified atom stereocenters. The van der Waals surface area contributed by atoms with Crippen LogP contribution in [0.1, 0.15) is 27.6 Å². The summed E-state index contributed by atoms with van der Waals surface area (Å²) >= 11 is 30.7. The van der Waals surface area contributed by atoms with Crippen molar-refractivity contribution in [3.63, 3.8) is 0 Å². The first kappa shape index (κ1) is 16.8. The Kier molecular flexibility index (Phi) is 4.40. The Morgan fingerprint density at radius 2 is 1.64 bits per heavy atom. The van der Waals surface area contributed by atoms with E-state index < -0.39 is 15.8 Å². The summed E-state index contributed by atoms with van der Waals surface area (Å²) in [5.74, 6) is 0.149. The fourth-order valence-corrected chi connectivity index (χ4v) is 4.54. The van der Waals surface area contributed by atoms with Crippen LogP contribution < -0.4 is 4.52 Å². The minimum Gasteiger partial charge on any atom is -0.422 e. The quantitative estimate of drug-likeness (QED) is 0.390. The molecule has 0 bridgehead atoms. The van der Waals surface area contributed by atoms with Gasteiger partial charge in [0, 0.05) is 28.0 Å². The normalized spacial score (nSPS) is 19.2. The Balaban J connectivity index is 2.27. The van der Waals surface area contributed by atoms with Crippen LogP contribution in [-0.4, -0.2) is 0 Å². The molecule has 0 heterocycles. The van der Waals surface area contributed by atoms with Crippen molar-refractivity contribution < 1.29 is 9.09 Å². The predicted octanol–water partition coefficient (Wildman–Crippen LogP) is 6.97. The summed E-state index contributed by atoms with van der Waals surface area (Å²) in [6.07, 6.45) is -3.81. The molecule has 1 atom stereocenters. The van der Waals surface area contributed by atoms with Crippen molar-refractivity contribution in [2.45, 2.75) is 9.71 Å². The zero-order chi connectivity index (χ0) is 16.1. The highest BCUT2D eigenvalue weighted by Crippen LogP contribution is 2.61. The van der Waals surface area contributed by atoms with Gasteiger partial charge in [-0.3, -0.25) is 0 Å². The van der Waals surface area contributed by atoms with Crippen LogP contribution >= 0.6 is 63.4 Å². The van der Waals surface area contributed by atoms with Gasteiger partial charge < -0.3 is 4.52 Å². The first-order chi connectivity index (χ1) is 10.2. The Bertz CT molecular complexity index is 787. The van der Waals surface area contributed by atoms with Crippen LogP contribution in [0.15, 0.2) is 42.5 Å². The zero-order valence-corrected chi connectivity index (χ0v) is 15.4. The molecule has 2 aromatic carbocycles. The first-order valence-corrected chi connectivity index (χ1v) is 10.8. The maximum atomic E-state index is 11.6. The Morgan fingerprint density at radius 3 is 2.32 bits per heavy atom. The largest absolute Gasteiger partial charge is 0.428 e. The molecule has 0 saturated carbocycles. The number of hydrogen-bond acceptors (Lipinski definition) is 2. The lowest BCUT2D eigenvalue weighted by atomic mass is 9.84. The molecule has 0 fully saturated rings. The number of rotatable bonds is 2. The van der Waals surface area contributed by atoms with Crippen molar-refractivity contribution in [2.75, 3.05) is 0 Å². The van der Waals surface area contributed by atoms with Gasteiger partial charge in [0.2, 0.25) is 0 Å². The lowest BCUT2D eigenvalue weighted by Crippen LogP contribution is -2.24. The van der Waals surface area contributed by atoms with E-state index in [1.54, 1.807) is 24.3 Å². The summed E-state index contributed by atoms with van der Waals surface area (Å²) in [6.45, 7) is 0. The monoisotopic (exact) mass is 414 g/mol. The van der Waals surface area contributed by atoms with E-state index in [4.69, 9.17) is 61.8 Å². The third-order valence-electron chi connectivity index (χ3n) is 3.42. The summed E-state index contributed by atoms with van der Waals surface area (Å²) in [7, 11) is 0. The van der Waals surface area contributed by atoms with Crippen molar-refractivity contribution in [2.24, 2.45) is 0 Å². The highest BCUT2D eigenvalue weighted by atomic mass is 35.9. The lowest BCUT2D eigenvalue weighted by Gasteiger charge is -2.34. The van der Waals surface area contributed by atoms with Crippen LogP contribution in [0, 0.1) is 0 Å². The second kappa shape index (κ2) is 5.77. The SMILES string of the molecule is O=P(Cl)(Cl)Oc1cccc2c1C(Cl)(Cl)c1ccccc1C2Cl. The molecule has 22 heavy (non-hydrogen) atoms. The van der Waals surface area contributed by atoms with Gasteiger partial charge in [-0.15, -0.1) is 11.6 Å². The minimum atomic E-state index is -3.81. The van der Waals surface area contributed by atoms with Crippen LogP contribution in [0.3, 0.4) is 0 Å². The smallest absolute Gasteiger partial charge is 0.422 e. The van der Waals surface area contributed by atoms with Crippen LogP contribution in [0.2, 0.25) is 0 Å². The molecule has 116 valence electrons. The van der Waals surface area contributed by atoms with Gasteiger partial charge in [-0.1, -0.05) is 59.6 Å². The maximum Gasteiger partial charge on any atom is 0.428 e. The van der Waals surface area contributed by atoms with Gasteiger partial charge in [-0.25, -0.2) is 4.57 Å². The molecule has 2 aromatic rings. The van der Waals surface area contributed by atoms with Gasteiger partial charge in [-0.2, -0.15) is 0 Å². The molecule has 2 nitrogen and oxygen atoms in total. The Hall–Kier alpha value is -0.0800. The van der Waals surface area contributed by atoms with Gasteiger partial charge in [-0.05, 0) is 22.8 Å². The van der Waals surface area contributed by atoms with Crippen molar-refractivity contribution in [3.05, 3.63) is 64.7 Å². The second-order valence-corrected chi connectivity index (χ2v) is 10.7. The summed E-state index contributed by atoms with van der Waals surface area (Å²) in [4.78, 5) is 0. The molecular weight excluding hydrogens is 408 g/mol. The number of alkyl halides is 3. The van der Waals surface area contributed by atoms with Crippen LogP contribution in [0.4, 0.5) is 0 Å². The third-order valence-corrected chi connectivity index (χ3v) is 5.50. The highest BCUT2D eigenvalue weighted by Gasteiger charge is 2.43. The topological polar surface area (TPSA) is 26.3 Å². The predicted molar refractivity (Wildman–Crippen MR) is 93.0 cm³/mol. The second-order valence-electron chi connectivity index (χ2n) is 4.75. The summed E-state index contributed by atoms with van der Waals surface area (Å²) < 4.78 is 15.3. The van der Waals surface area contributed by atoms with E-state index in [9.17, 15) is 4.57 Å². The Morgan fingerprint density at radius 1 is 1.00 bits per heavy atom. The molecular formula is C14H8Cl5O2P. The average molecular weight is 416 g/mol. The Labute approximate surface area is 152 Å². The van der Waals surface area contributed by atoms with Crippen LogP contribution in [0.25, 0.3) is 0 Å². The molecule has 3 rings (SSSR count). The average Bonchev–Trinajstić information content (AvgIpc) is 2.43. The van der Waals surface area contributed by atoms with Gasteiger partial charge in [0.05, 0.1) is 5.38 Å². The van der Waals surface area contributed by atoms with Crippen molar-refractivity contribution in [1.29, 1.82) is 0 Å². The van der Waals surface area contributed by atoms with E-state index >= 15 is 0 Å². The van der Waals surface area contributed by atoms with Crippen molar-refractivity contribution >= 4 is 63.4 Å². The number of fused-ring (bicyclic) bond motifs is 2. The van der Waals surface area contributed by atoms with Crippen LogP contribution in [0.5, 0.6) is 5.75 Å². The number of halogens is 5. The molecule has 0 aliphatic heterocycles. The molecule has 0 spiro atoms. The van der Waals surface area contributed by atoms with E-state index in [0.29, 0.717) is 16.7 Å². The van der Waals surface area contributed by atoms with Gasteiger partial charge in [0.1, 0.15) is 5.75 Å². The molecule has 0 amide bonds. The minimum absolute atomic E-state index is 0.149. The fraction of sp³-hybridized carbons (Fsp3) is 0.143. The standard InChI is InChI=1S/C14H8Cl5O2P/c15-13-8-4-1-2-6-10(8)14(16,17)12-9(13)5-3-7-11(12)21-22(18,19)20/h1-7,13H. The van der Waals surface area contributed by atoms with Gasteiger partial charge >= 0.3 is 6.07 Å². The third kappa shape index (κ3) is 2.86. The lowest BCUT2D eigenvalue weighted by molar-refractivity contribution is 0.508. The first-order valence-electron chi connectivity index (χ1n) is 6.15. The van der Waals surface area contributed by atoms with E-state index in [-0.39, 0.29) is 5.75 Å². The molecule has 8 heteroatoms. The maximum absolute atomic E-state index is 11.6. The summed E-state index contributed by atoms with van der Waals surface area (Å²) in [5.41, 5.74) is 2.50. The van der Waals surface area contributed by atoms with E-state index in [2.05, 4.69) is 0 Å². The summed E-state index contributed by atoms with van der Waals surface area (Å²) in [6, 6.07) is 12.3. The van der Waals surface area contributed by atoms with Gasteiger partial charge in [0.15, 0.2) is 4.33 Å². The van der Waals surface area contributed by atoms with E-state index in [1.165, 1.54) is 0 Å². The molecule has 0 saturated heterocycles.